The number of carbonyl (C=O) groups excluding carboxylic acids is 1. The van der Waals surface area contributed by atoms with Crippen molar-refractivity contribution in [3.05, 3.63) is 65.2 Å². The average Bonchev–Trinajstić information content (AvgIpc) is 2.60. The van der Waals surface area contributed by atoms with Crippen LogP contribution in [0.3, 0.4) is 0 Å². The molecule has 1 aliphatic rings. The smallest absolute Gasteiger partial charge is 0.253 e. The minimum absolute atomic E-state index is 0. The maximum Gasteiger partial charge on any atom is 0.253 e. The molecule has 2 aromatic rings. The number of nitrogens with zero attached hydrogens (tertiary/aromatic N) is 1. The molecule has 0 aromatic heterocycles. The van der Waals surface area contributed by atoms with E-state index < -0.39 is 0 Å². The fourth-order valence-electron chi connectivity index (χ4n) is 2.97. The molecule has 2 N–H and O–H groups in total. The summed E-state index contributed by atoms with van der Waals surface area (Å²) in [5, 5.41) is 0. The van der Waals surface area contributed by atoms with Crippen LogP contribution >= 0.6 is 12.4 Å². The predicted molar refractivity (Wildman–Crippen MR) is 102 cm³/mol. The normalized spacial score (nSPS) is 14.7. The van der Waals surface area contributed by atoms with E-state index in [4.69, 9.17) is 10.5 Å². The van der Waals surface area contributed by atoms with Gasteiger partial charge in [-0.2, -0.15) is 0 Å². The van der Waals surface area contributed by atoms with Gasteiger partial charge in [-0.15, -0.1) is 12.4 Å². The van der Waals surface area contributed by atoms with Gasteiger partial charge in [0, 0.05) is 24.7 Å². The Balaban J connectivity index is 0.00000225. The first-order valence-corrected chi connectivity index (χ1v) is 8.45. The van der Waals surface area contributed by atoms with Crippen molar-refractivity contribution in [2.75, 3.05) is 13.1 Å². The fourth-order valence-corrected chi connectivity index (χ4v) is 2.97. The van der Waals surface area contributed by atoms with Gasteiger partial charge in [-0.05, 0) is 43.5 Å². The van der Waals surface area contributed by atoms with Gasteiger partial charge >= 0.3 is 0 Å². The monoisotopic (exact) mass is 360 g/mol. The van der Waals surface area contributed by atoms with Gasteiger partial charge in [0.15, 0.2) is 0 Å². The average molecular weight is 361 g/mol. The number of hydrogen-bond donors (Lipinski definition) is 1. The van der Waals surface area contributed by atoms with Gasteiger partial charge in [-0.3, -0.25) is 4.79 Å². The van der Waals surface area contributed by atoms with E-state index >= 15 is 0 Å². The minimum atomic E-state index is 0. The molecule has 2 aromatic carbocycles. The van der Waals surface area contributed by atoms with E-state index in [1.54, 1.807) is 0 Å². The molecule has 0 spiro atoms. The van der Waals surface area contributed by atoms with E-state index in [1.165, 1.54) is 5.56 Å². The molecule has 1 heterocycles. The van der Waals surface area contributed by atoms with E-state index in [0.717, 1.165) is 37.2 Å². The fraction of sp³-hybridized carbons (Fsp3) is 0.350. The van der Waals surface area contributed by atoms with Crippen LogP contribution in [0.25, 0.3) is 0 Å². The van der Waals surface area contributed by atoms with E-state index in [-0.39, 0.29) is 24.4 Å². The van der Waals surface area contributed by atoms with Crippen molar-refractivity contribution in [2.45, 2.75) is 32.4 Å². The van der Waals surface area contributed by atoms with Crippen molar-refractivity contribution in [2.24, 2.45) is 5.73 Å². The Morgan fingerprint density at radius 2 is 1.88 bits per heavy atom. The predicted octanol–water partition coefficient (Wildman–Crippen LogP) is 3.56. The van der Waals surface area contributed by atoms with Crippen LogP contribution in [-0.4, -0.2) is 29.9 Å². The third-order valence-corrected chi connectivity index (χ3v) is 4.40. The summed E-state index contributed by atoms with van der Waals surface area (Å²) in [6.07, 6.45) is 1.74. The number of likely N-dealkylation sites (tertiary alicyclic amines) is 1. The molecule has 0 radical (unpaired) electrons. The zero-order valence-corrected chi connectivity index (χ0v) is 15.3. The zero-order valence-electron chi connectivity index (χ0n) is 14.5. The Labute approximate surface area is 155 Å². The number of rotatable bonds is 4. The number of piperidine rings is 1. The van der Waals surface area contributed by atoms with Gasteiger partial charge < -0.3 is 15.4 Å². The highest BCUT2D eigenvalue weighted by molar-refractivity contribution is 5.94. The van der Waals surface area contributed by atoms with E-state index in [2.05, 4.69) is 19.1 Å². The third kappa shape index (κ3) is 5.21. The summed E-state index contributed by atoms with van der Waals surface area (Å²) in [4.78, 5) is 14.5. The van der Waals surface area contributed by atoms with E-state index in [1.807, 2.05) is 41.3 Å². The SMILES string of the molecule is Cc1cccc(COc2cccc(C(=O)N3CCC(N)CC3)c2)c1.Cl. The second kappa shape index (κ2) is 8.88. The molecule has 0 unspecified atom stereocenters. The Kier molecular flexibility index (Phi) is 6.85. The van der Waals surface area contributed by atoms with Crippen LogP contribution in [0, 0.1) is 6.92 Å². The van der Waals surface area contributed by atoms with Crippen molar-refractivity contribution in [3.63, 3.8) is 0 Å². The highest BCUT2D eigenvalue weighted by atomic mass is 35.5. The van der Waals surface area contributed by atoms with Gasteiger partial charge in [0.25, 0.3) is 5.91 Å². The molecular formula is C20H25ClN2O2. The van der Waals surface area contributed by atoms with Crippen molar-refractivity contribution < 1.29 is 9.53 Å². The van der Waals surface area contributed by atoms with Crippen LogP contribution in [0.4, 0.5) is 0 Å². The molecule has 25 heavy (non-hydrogen) atoms. The number of hydrogen-bond acceptors (Lipinski definition) is 3. The molecule has 1 fully saturated rings. The van der Waals surface area contributed by atoms with Crippen molar-refractivity contribution in [1.29, 1.82) is 0 Å². The molecule has 3 rings (SSSR count). The quantitative estimate of drug-likeness (QED) is 0.907. The van der Waals surface area contributed by atoms with Crippen LogP contribution in [-0.2, 0) is 6.61 Å². The number of carbonyl (C=O) groups is 1. The van der Waals surface area contributed by atoms with Crippen LogP contribution in [0.5, 0.6) is 5.75 Å². The summed E-state index contributed by atoms with van der Waals surface area (Å²) in [6.45, 7) is 4.02. The Morgan fingerprint density at radius 1 is 1.16 bits per heavy atom. The minimum Gasteiger partial charge on any atom is -0.489 e. The first-order valence-electron chi connectivity index (χ1n) is 8.45. The standard InChI is InChI=1S/C20H24N2O2.ClH/c1-15-4-2-5-16(12-15)14-24-19-7-3-6-17(13-19)20(23)22-10-8-18(21)9-11-22;/h2-7,12-13,18H,8-11,14,21H2,1H3;1H. The Hall–Kier alpha value is -2.04. The molecule has 0 saturated carbocycles. The largest absolute Gasteiger partial charge is 0.489 e. The second-order valence-electron chi connectivity index (χ2n) is 6.44. The lowest BCUT2D eigenvalue weighted by Gasteiger charge is -2.30. The van der Waals surface area contributed by atoms with Crippen molar-refractivity contribution >= 4 is 18.3 Å². The lowest BCUT2D eigenvalue weighted by molar-refractivity contribution is 0.0714. The number of benzene rings is 2. The van der Waals surface area contributed by atoms with Crippen LogP contribution in [0.2, 0.25) is 0 Å². The molecule has 0 atom stereocenters. The van der Waals surface area contributed by atoms with Crippen LogP contribution < -0.4 is 10.5 Å². The van der Waals surface area contributed by atoms with Gasteiger partial charge in [0.05, 0.1) is 0 Å². The lowest BCUT2D eigenvalue weighted by atomic mass is 10.0. The van der Waals surface area contributed by atoms with Gasteiger partial charge in [0.1, 0.15) is 12.4 Å². The molecule has 1 amide bonds. The van der Waals surface area contributed by atoms with E-state index in [9.17, 15) is 4.79 Å². The molecule has 0 bridgehead atoms. The summed E-state index contributed by atoms with van der Waals surface area (Å²) < 4.78 is 5.85. The van der Waals surface area contributed by atoms with Crippen molar-refractivity contribution in [1.82, 2.24) is 4.90 Å². The number of nitrogens with two attached hydrogens (primary N) is 1. The summed E-state index contributed by atoms with van der Waals surface area (Å²) in [5.74, 6) is 0.777. The number of halogens is 1. The van der Waals surface area contributed by atoms with Crippen LogP contribution in [0.15, 0.2) is 48.5 Å². The number of aryl methyl sites for hydroxylation is 1. The van der Waals surface area contributed by atoms with Gasteiger partial charge in [-0.25, -0.2) is 0 Å². The van der Waals surface area contributed by atoms with Crippen LogP contribution in [0.1, 0.15) is 34.3 Å². The third-order valence-electron chi connectivity index (χ3n) is 4.40. The number of amides is 1. The summed E-state index contributed by atoms with van der Waals surface area (Å²) in [5.41, 5.74) is 8.91. The van der Waals surface area contributed by atoms with E-state index in [0.29, 0.717) is 12.2 Å². The zero-order chi connectivity index (χ0) is 16.9. The Morgan fingerprint density at radius 3 is 2.60 bits per heavy atom. The highest BCUT2D eigenvalue weighted by Gasteiger charge is 2.21. The molecule has 4 nitrogen and oxygen atoms in total. The second-order valence-corrected chi connectivity index (χ2v) is 6.44. The maximum atomic E-state index is 12.6. The highest BCUT2D eigenvalue weighted by Crippen LogP contribution is 2.19. The Bertz CT molecular complexity index is 712. The summed E-state index contributed by atoms with van der Waals surface area (Å²) in [6, 6.07) is 15.9. The summed E-state index contributed by atoms with van der Waals surface area (Å²) in [7, 11) is 0. The molecule has 1 aliphatic heterocycles. The van der Waals surface area contributed by atoms with Gasteiger partial charge in [-0.1, -0.05) is 35.9 Å². The molecular weight excluding hydrogens is 336 g/mol. The first kappa shape index (κ1) is 19.3. The molecule has 134 valence electrons. The lowest BCUT2D eigenvalue weighted by Crippen LogP contribution is -2.42. The molecule has 5 heteroatoms. The topological polar surface area (TPSA) is 55.6 Å². The van der Waals surface area contributed by atoms with Crippen molar-refractivity contribution in [3.8, 4) is 5.75 Å². The molecule has 0 aliphatic carbocycles. The van der Waals surface area contributed by atoms with Gasteiger partial charge in [0.2, 0.25) is 0 Å². The first-order chi connectivity index (χ1) is 11.6. The molecule has 1 saturated heterocycles. The summed E-state index contributed by atoms with van der Waals surface area (Å²) >= 11 is 0. The maximum absolute atomic E-state index is 12.6. The number of ether oxygens (including phenoxy) is 1.